The Labute approximate surface area is 112 Å². The van der Waals surface area contributed by atoms with Crippen molar-refractivity contribution < 1.29 is 19.4 Å². The topological polar surface area (TPSA) is 75.6 Å². The molecule has 0 aromatic heterocycles. The van der Waals surface area contributed by atoms with Gasteiger partial charge in [-0.3, -0.25) is 5.32 Å². The highest BCUT2D eigenvalue weighted by Gasteiger charge is 2.17. The van der Waals surface area contributed by atoms with Gasteiger partial charge in [-0.15, -0.1) is 0 Å². The monoisotopic (exact) mass is 265 g/mol. The highest BCUT2D eigenvalue weighted by Crippen LogP contribution is 2.27. The molecule has 0 bridgehead atoms. The van der Waals surface area contributed by atoms with Crippen LogP contribution in [0.15, 0.2) is 18.2 Å². The molecule has 0 saturated heterocycles. The van der Waals surface area contributed by atoms with Crippen molar-refractivity contribution in [2.24, 2.45) is 0 Å². The first kappa shape index (κ1) is 15.0. The predicted octanol–water partition coefficient (Wildman–Crippen LogP) is 3.04. The van der Waals surface area contributed by atoms with Crippen molar-refractivity contribution in [2.75, 3.05) is 5.32 Å². The summed E-state index contributed by atoms with van der Waals surface area (Å²) in [4.78, 5) is 22.2. The van der Waals surface area contributed by atoms with Crippen molar-refractivity contribution in [3.8, 4) is 5.75 Å². The molecule has 1 unspecified atom stereocenters. The number of hydrogen-bond donors (Lipinski definition) is 2. The Morgan fingerprint density at radius 1 is 1.42 bits per heavy atom. The fourth-order valence-corrected chi connectivity index (χ4v) is 1.50. The van der Waals surface area contributed by atoms with Gasteiger partial charge in [-0.05, 0) is 26.8 Å². The number of anilines is 1. The number of aromatic hydroxyl groups is 1. The van der Waals surface area contributed by atoms with Crippen LogP contribution in [0.3, 0.4) is 0 Å². The second-order valence-electron chi connectivity index (χ2n) is 5.33. The molecule has 104 valence electrons. The van der Waals surface area contributed by atoms with E-state index in [0.717, 1.165) is 6.29 Å². The maximum absolute atomic E-state index is 11.5. The summed E-state index contributed by atoms with van der Waals surface area (Å²) in [5.41, 5.74) is 0.344. The molecule has 1 atom stereocenters. The van der Waals surface area contributed by atoms with Gasteiger partial charge in [0, 0.05) is 23.2 Å². The third kappa shape index (κ3) is 4.62. The van der Waals surface area contributed by atoms with E-state index in [1.54, 1.807) is 39.8 Å². The van der Waals surface area contributed by atoms with Crippen LogP contribution in [0.5, 0.6) is 5.75 Å². The number of nitrogens with one attached hydrogen (secondary N) is 1. The molecule has 1 aromatic rings. The van der Waals surface area contributed by atoms with E-state index >= 15 is 0 Å². The summed E-state index contributed by atoms with van der Waals surface area (Å²) in [6, 6.07) is 4.60. The lowest BCUT2D eigenvalue weighted by molar-refractivity contribution is -0.108. The molecular weight excluding hydrogens is 246 g/mol. The van der Waals surface area contributed by atoms with E-state index in [9.17, 15) is 14.7 Å². The minimum atomic E-state index is -0.594. The Morgan fingerprint density at radius 2 is 2.05 bits per heavy atom. The van der Waals surface area contributed by atoms with Crippen LogP contribution >= 0.6 is 0 Å². The predicted molar refractivity (Wildman–Crippen MR) is 72.4 cm³/mol. The number of phenolic OH excluding ortho intramolecular Hbond substituents is 1. The van der Waals surface area contributed by atoms with Gasteiger partial charge in [0.2, 0.25) is 0 Å². The maximum Gasteiger partial charge on any atom is 0.412 e. The van der Waals surface area contributed by atoms with Crippen molar-refractivity contribution in [3.05, 3.63) is 23.8 Å². The normalized spacial score (nSPS) is 12.6. The Balaban J connectivity index is 2.79. The van der Waals surface area contributed by atoms with Gasteiger partial charge in [-0.1, -0.05) is 13.0 Å². The summed E-state index contributed by atoms with van der Waals surface area (Å²) < 4.78 is 5.09. The largest absolute Gasteiger partial charge is 0.508 e. The zero-order valence-corrected chi connectivity index (χ0v) is 11.6. The summed E-state index contributed by atoms with van der Waals surface area (Å²) in [5.74, 6) is -0.427. The standard InChI is InChI=1S/C14H19NO4/c1-9(8-16)11-6-5-10(7-12(11)17)15-13(18)19-14(2,3)4/h5-9,17H,1-4H3,(H,15,18). The van der Waals surface area contributed by atoms with E-state index in [4.69, 9.17) is 4.74 Å². The highest BCUT2D eigenvalue weighted by molar-refractivity contribution is 5.85. The lowest BCUT2D eigenvalue weighted by Crippen LogP contribution is -2.27. The number of ether oxygens (including phenoxy) is 1. The first-order valence-electron chi connectivity index (χ1n) is 6.01. The van der Waals surface area contributed by atoms with Gasteiger partial charge < -0.3 is 14.6 Å². The van der Waals surface area contributed by atoms with Crippen LogP contribution in [-0.2, 0) is 9.53 Å². The van der Waals surface area contributed by atoms with Crippen LogP contribution in [-0.4, -0.2) is 23.1 Å². The number of phenols is 1. The Morgan fingerprint density at radius 3 is 2.53 bits per heavy atom. The zero-order valence-electron chi connectivity index (χ0n) is 11.6. The van der Waals surface area contributed by atoms with Gasteiger partial charge in [0.1, 0.15) is 17.6 Å². The summed E-state index contributed by atoms with van der Waals surface area (Å²) >= 11 is 0. The van der Waals surface area contributed by atoms with E-state index in [1.165, 1.54) is 6.07 Å². The van der Waals surface area contributed by atoms with Gasteiger partial charge >= 0.3 is 6.09 Å². The molecule has 2 N–H and O–H groups in total. The van der Waals surface area contributed by atoms with Crippen LogP contribution < -0.4 is 5.32 Å². The Kier molecular flexibility index (Phi) is 4.53. The summed E-state index contributed by atoms with van der Waals surface area (Å²) in [5, 5.41) is 12.3. The van der Waals surface area contributed by atoms with E-state index in [0.29, 0.717) is 11.3 Å². The minimum absolute atomic E-state index is 0.0341. The quantitative estimate of drug-likeness (QED) is 0.824. The highest BCUT2D eigenvalue weighted by atomic mass is 16.6. The van der Waals surface area contributed by atoms with Crippen LogP contribution in [0.4, 0.5) is 10.5 Å². The van der Waals surface area contributed by atoms with Gasteiger partial charge in [-0.25, -0.2) is 4.79 Å². The molecule has 0 aliphatic heterocycles. The molecule has 1 amide bonds. The summed E-state index contributed by atoms with van der Waals surface area (Å²) in [7, 11) is 0. The second kappa shape index (κ2) is 5.73. The molecule has 5 heteroatoms. The van der Waals surface area contributed by atoms with Crippen molar-refractivity contribution in [2.45, 2.75) is 39.2 Å². The molecule has 19 heavy (non-hydrogen) atoms. The maximum atomic E-state index is 11.5. The number of hydrogen-bond acceptors (Lipinski definition) is 4. The Bertz CT molecular complexity index is 477. The van der Waals surface area contributed by atoms with Gasteiger partial charge in [0.05, 0.1) is 0 Å². The van der Waals surface area contributed by atoms with Gasteiger partial charge in [0.15, 0.2) is 0 Å². The molecule has 0 aliphatic carbocycles. The van der Waals surface area contributed by atoms with E-state index in [1.807, 2.05) is 0 Å². The molecule has 1 rings (SSSR count). The number of rotatable bonds is 3. The van der Waals surface area contributed by atoms with Crippen molar-refractivity contribution in [1.82, 2.24) is 0 Å². The number of carbonyl (C=O) groups is 2. The van der Waals surface area contributed by atoms with Crippen LogP contribution in [0.1, 0.15) is 39.2 Å². The van der Waals surface area contributed by atoms with E-state index in [2.05, 4.69) is 5.32 Å². The first-order valence-corrected chi connectivity index (χ1v) is 6.01. The molecule has 5 nitrogen and oxygen atoms in total. The molecule has 0 spiro atoms. The molecular formula is C14H19NO4. The second-order valence-corrected chi connectivity index (χ2v) is 5.33. The van der Waals surface area contributed by atoms with Crippen LogP contribution in [0.2, 0.25) is 0 Å². The zero-order chi connectivity index (χ0) is 14.6. The fraction of sp³-hybridized carbons (Fsp3) is 0.429. The molecule has 0 saturated carbocycles. The first-order chi connectivity index (χ1) is 8.73. The van der Waals surface area contributed by atoms with Crippen molar-refractivity contribution in [1.29, 1.82) is 0 Å². The number of benzene rings is 1. The average Bonchev–Trinajstić information content (AvgIpc) is 2.25. The molecule has 0 fully saturated rings. The van der Waals surface area contributed by atoms with Crippen molar-refractivity contribution >= 4 is 18.1 Å². The number of aldehydes is 1. The fourth-order valence-electron chi connectivity index (χ4n) is 1.50. The Hall–Kier alpha value is -2.04. The van der Waals surface area contributed by atoms with Gasteiger partial charge in [-0.2, -0.15) is 0 Å². The van der Waals surface area contributed by atoms with E-state index < -0.39 is 17.6 Å². The average molecular weight is 265 g/mol. The minimum Gasteiger partial charge on any atom is -0.508 e. The lowest BCUT2D eigenvalue weighted by Gasteiger charge is -2.20. The summed E-state index contributed by atoms with van der Waals surface area (Å²) in [6.07, 6.45) is 0.152. The van der Waals surface area contributed by atoms with Crippen molar-refractivity contribution in [3.63, 3.8) is 0 Å². The van der Waals surface area contributed by atoms with E-state index in [-0.39, 0.29) is 5.75 Å². The summed E-state index contributed by atoms with van der Waals surface area (Å²) in [6.45, 7) is 6.97. The SMILES string of the molecule is CC(C=O)c1ccc(NC(=O)OC(C)(C)C)cc1O. The molecule has 0 radical (unpaired) electrons. The number of amides is 1. The molecule has 0 aliphatic rings. The smallest absolute Gasteiger partial charge is 0.412 e. The van der Waals surface area contributed by atoms with Crippen LogP contribution in [0, 0.1) is 0 Å². The number of carbonyl (C=O) groups excluding carboxylic acids is 2. The third-order valence-corrected chi connectivity index (χ3v) is 2.37. The van der Waals surface area contributed by atoms with Crippen LogP contribution in [0.25, 0.3) is 0 Å². The lowest BCUT2D eigenvalue weighted by atomic mass is 10.0. The molecule has 1 aromatic carbocycles. The molecule has 0 heterocycles. The third-order valence-electron chi connectivity index (χ3n) is 2.37. The van der Waals surface area contributed by atoms with Gasteiger partial charge in [0.25, 0.3) is 0 Å².